The zero-order valence-electron chi connectivity index (χ0n) is 14.8. The summed E-state index contributed by atoms with van der Waals surface area (Å²) in [6.45, 7) is 2.22. The van der Waals surface area contributed by atoms with Crippen LogP contribution in [0.2, 0.25) is 0 Å². The summed E-state index contributed by atoms with van der Waals surface area (Å²) in [7, 11) is 0. The number of fused-ring (bicyclic) bond motifs is 1. The van der Waals surface area contributed by atoms with Gasteiger partial charge in [-0.3, -0.25) is 9.59 Å². The van der Waals surface area contributed by atoms with Crippen molar-refractivity contribution in [2.24, 2.45) is 0 Å². The number of carbonyl (C=O) groups excluding carboxylic acids is 2. The van der Waals surface area contributed by atoms with E-state index in [0.29, 0.717) is 24.5 Å². The minimum atomic E-state index is -0.0409. The molecule has 5 nitrogen and oxygen atoms in total. The molecule has 138 valence electrons. The SMILES string of the molecule is CC(=O)N1C[C@H](CCC(=O)Nc2nc(-c3cccs3)cs2)c2ccccc21. The van der Waals surface area contributed by atoms with Crippen LogP contribution in [0, 0.1) is 0 Å². The lowest BCUT2D eigenvalue weighted by molar-refractivity contribution is -0.116. The fraction of sp³-hybridized carbons (Fsp3) is 0.250. The molecule has 3 heterocycles. The highest BCUT2D eigenvalue weighted by molar-refractivity contribution is 7.16. The lowest BCUT2D eigenvalue weighted by atomic mass is 9.96. The Morgan fingerprint density at radius 1 is 1.22 bits per heavy atom. The van der Waals surface area contributed by atoms with Crippen LogP contribution in [-0.4, -0.2) is 23.3 Å². The van der Waals surface area contributed by atoms with Crippen LogP contribution in [0.3, 0.4) is 0 Å². The smallest absolute Gasteiger partial charge is 0.226 e. The van der Waals surface area contributed by atoms with E-state index in [1.54, 1.807) is 23.2 Å². The second-order valence-electron chi connectivity index (χ2n) is 6.49. The van der Waals surface area contributed by atoms with Gasteiger partial charge in [-0.05, 0) is 29.5 Å². The van der Waals surface area contributed by atoms with Gasteiger partial charge in [0.05, 0.1) is 10.6 Å². The minimum absolute atomic E-state index is 0.0401. The van der Waals surface area contributed by atoms with Crippen molar-refractivity contribution in [1.29, 1.82) is 0 Å². The number of anilines is 2. The molecule has 0 unspecified atom stereocenters. The van der Waals surface area contributed by atoms with Gasteiger partial charge in [-0.1, -0.05) is 24.3 Å². The van der Waals surface area contributed by atoms with E-state index in [0.717, 1.165) is 21.8 Å². The number of benzene rings is 1. The van der Waals surface area contributed by atoms with Crippen molar-refractivity contribution >= 4 is 45.3 Å². The molecular weight excluding hydrogens is 378 g/mol. The van der Waals surface area contributed by atoms with E-state index in [9.17, 15) is 9.59 Å². The van der Waals surface area contributed by atoms with E-state index < -0.39 is 0 Å². The van der Waals surface area contributed by atoms with Crippen LogP contribution in [0.1, 0.15) is 31.2 Å². The second-order valence-corrected chi connectivity index (χ2v) is 8.29. The first-order chi connectivity index (χ1) is 13.1. The van der Waals surface area contributed by atoms with Gasteiger partial charge in [0.25, 0.3) is 0 Å². The van der Waals surface area contributed by atoms with Crippen molar-refractivity contribution in [3.8, 4) is 10.6 Å². The first kappa shape index (κ1) is 17.9. The fourth-order valence-corrected chi connectivity index (χ4v) is 4.88. The quantitative estimate of drug-likeness (QED) is 0.676. The molecule has 27 heavy (non-hydrogen) atoms. The average Bonchev–Trinajstić information content (AvgIpc) is 3.39. The summed E-state index contributed by atoms with van der Waals surface area (Å²) in [6, 6.07) is 12.0. The zero-order chi connectivity index (χ0) is 18.8. The van der Waals surface area contributed by atoms with E-state index in [1.165, 1.54) is 11.3 Å². The van der Waals surface area contributed by atoms with Crippen LogP contribution in [0.4, 0.5) is 10.8 Å². The van der Waals surface area contributed by atoms with Crippen LogP contribution >= 0.6 is 22.7 Å². The Morgan fingerprint density at radius 3 is 2.85 bits per heavy atom. The van der Waals surface area contributed by atoms with Crippen molar-refractivity contribution in [2.75, 3.05) is 16.8 Å². The Kier molecular flexibility index (Phi) is 5.05. The number of para-hydroxylation sites is 1. The van der Waals surface area contributed by atoms with Crippen molar-refractivity contribution in [3.63, 3.8) is 0 Å². The topological polar surface area (TPSA) is 62.3 Å². The molecule has 0 saturated carbocycles. The maximum Gasteiger partial charge on any atom is 0.226 e. The van der Waals surface area contributed by atoms with Gasteiger partial charge in [0, 0.05) is 36.9 Å². The Morgan fingerprint density at radius 2 is 2.07 bits per heavy atom. The van der Waals surface area contributed by atoms with Gasteiger partial charge in [0.1, 0.15) is 0 Å². The Balaban J connectivity index is 1.37. The average molecular weight is 398 g/mol. The minimum Gasteiger partial charge on any atom is -0.312 e. The lowest BCUT2D eigenvalue weighted by Crippen LogP contribution is -2.27. The van der Waals surface area contributed by atoms with Crippen LogP contribution in [0.5, 0.6) is 0 Å². The van der Waals surface area contributed by atoms with E-state index in [4.69, 9.17) is 0 Å². The van der Waals surface area contributed by atoms with Gasteiger partial charge < -0.3 is 10.2 Å². The molecule has 2 amide bonds. The van der Waals surface area contributed by atoms with Crippen molar-refractivity contribution in [2.45, 2.75) is 25.7 Å². The van der Waals surface area contributed by atoms with Crippen molar-refractivity contribution in [3.05, 3.63) is 52.7 Å². The Labute approximate surface area is 165 Å². The molecule has 0 saturated heterocycles. The van der Waals surface area contributed by atoms with Gasteiger partial charge in [0.2, 0.25) is 11.8 Å². The van der Waals surface area contributed by atoms with E-state index in [1.807, 2.05) is 41.1 Å². The number of hydrogen-bond acceptors (Lipinski definition) is 5. The summed E-state index contributed by atoms with van der Waals surface area (Å²) in [5.74, 6) is 0.188. The molecule has 3 aromatic rings. The zero-order valence-corrected chi connectivity index (χ0v) is 16.5. The number of nitrogens with one attached hydrogen (secondary N) is 1. The number of thiophene rings is 1. The van der Waals surface area contributed by atoms with Gasteiger partial charge in [0.15, 0.2) is 5.13 Å². The molecule has 0 aliphatic carbocycles. The summed E-state index contributed by atoms with van der Waals surface area (Å²) in [5, 5.41) is 7.49. The summed E-state index contributed by atoms with van der Waals surface area (Å²) in [5.41, 5.74) is 3.01. The number of nitrogens with zero attached hydrogens (tertiary/aromatic N) is 2. The third-order valence-corrected chi connectivity index (χ3v) is 6.34. The van der Waals surface area contributed by atoms with Crippen LogP contribution in [0.15, 0.2) is 47.2 Å². The Bertz CT molecular complexity index is 965. The number of thiazole rings is 1. The molecule has 1 aliphatic rings. The standard InChI is InChI=1S/C20H19N3O2S2/c1-13(24)23-11-14(15-5-2-3-6-17(15)23)8-9-19(25)22-20-21-16(12-27-20)18-7-4-10-26-18/h2-7,10,12,14H,8-9,11H2,1H3,(H,21,22,25)/t14-/m0/s1. The number of amides is 2. The predicted molar refractivity (Wildman–Crippen MR) is 111 cm³/mol. The molecule has 1 N–H and O–H groups in total. The molecule has 0 spiro atoms. The van der Waals surface area contributed by atoms with Crippen LogP contribution in [0.25, 0.3) is 10.6 Å². The number of carbonyl (C=O) groups is 2. The molecule has 1 aliphatic heterocycles. The highest BCUT2D eigenvalue weighted by Crippen LogP contribution is 2.38. The maximum absolute atomic E-state index is 12.4. The number of rotatable bonds is 5. The van der Waals surface area contributed by atoms with Crippen molar-refractivity contribution in [1.82, 2.24) is 4.98 Å². The van der Waals surface area contributed by atoms with Gasteiger partial charge in [-0.15, -0.1) is 22.7 Å². The molecule has 0 bridgehead atoms. The lowest BCUT2D eigenvalue weighted by Gasteiger charge is -2.15. The summed E-state index contributed by atoms with van der Waals surface area (Å²) in [4.78, 5) is 31.6. The molecule has 7 heteroatoms. The van der Waals surface area contributed by atoms with E-state index in [2.05, 4.69) is 16.4 Å². The van der Waals surface area contributed by atoms with Crippen LogP contribution in [-0.2, 0) is 9.59 Å². The van der Waals surface area contributed by atoms with Gasteiger partial charge in [-0.25, -0.2) is 4.98 Å². The highest BCUT2D eigenvalue weighted by Gasteiger charge is 2.30. The molecule has 4 rings (SSSR count). The number of aromatic nitrogens is 1. The Hall–Kier alpha value is -2.51. The predicted octanol–water partition coefficient (Wildman–Crippen LogP) is 4.74. The fourth-order valence-electron chi connectivity index (χ4n) is 3.40. The third-order valence-electron chi connectivity index (χ3n) is 4.69. The number of hydrogen-bond donors (Lipinski definition) is 1. The molecule has 1 atom stereocenters. The molecular formula is C20H19N3O2S2. The monoisotopic (exact) mass is 397 g/mol. The molecule has 0 fully saturated rings. The van der Waals surface area contributed by atoms with Crippen molar-refractivity contribution < 1.29 is 9.59 Å². The van der Waals surface area contributed by atoms with Gasteiger partial charge in [-0.2, -0.15) is 0 Å². The van der Waals surface area contributed by atoms with E-state index in [-0.39, 0.29) is 17.7 Å². The molecule has 2 aromatic heterocycles. The van der Waals surface area contributed by atoms with Gasteiger partial charge >= 0.3 is 0 Å². The van der Waals surface area contributed by atoms with E-state index >= 15 is 0 Å². The largest absolute Gasteiger partial charge is 0.312 e. The summed E-state index contributed by atoms with van der Waals surface area (Å²) < 4.78 is 0. The molecule has 0 radical (unpaired) electrons. The second kappa shape index (κ2) is 7.62. The first-order valence-electron chi connectivity index (χ1n) is 8.78. The third kappa shape index (κ3) is 3.79. The summed E-state index contributed by atoms with van der Waals surface area (Å²) >= 11 is 3.07. The molecule has 1 aromatic carbocycles. The normalized spacial score (nSPS) is 15.6. The van der Waals surface area contributed by atoms with Crippen LogP contribution < -0.4 is 10.2 Å². The first-order valence-corrected chi connectivity index (χ1v) is 10.5. The highest BCUT2D eigenvalue weighted by atomic mass is 32.1. The summed E-state index contributed by atoms with van der Waals surface area (Å²) in [6.07, 6.45) is 1.11. The maximum atomic E-state index is 12.4.